The molecule has 0 bridgehead atoms. The van der Waals surface area contributed by atoms with Gasteiger partial charge in [0, 0.05) is 35.8 Å². The Labute approximate surface area is 112 Å². The number of nitrogens with one attached hydrogen (secondary N) is 2. The molecule has 100 valence electrons. The molecule has 1 aliphatic rings. The topological polar surface area (TPSA) is 71.1 Å². The van der Waals surface area contributed by atoms with Crippen LogP contribution in [0.5, 0.6) is 0 Å². The van der Waals surface area contributed by atoms with E-state index in [9.17, 15) is 8.42 Å². The monoisotopic (exact) mass is 277 g/mol. The highest BCUT2D eigenvalue weighted by molar-refractivity contribution is 7.89. The summed E-state index contributed by atoms with van der Waals surface area (Å²) >= 11 is 0. The molecule has 1 saturated heterocycles. The minimum atomic E-state index is -3.49. The average molecular weight is 277 g/mol. The van der Waals surface area contributed by atoms with Gasteiger partial charge in [-0.05, 0) is 25.1 Å². The molecule has 5 nitrogen and oxygen atoms in total. The van der Waals surface area contributed by atoms with Crippen molar-refractivity contribution in [1.29, 1.82) is 0 Å². The Bertz CT molecular complexity index is 689. The van der Waals surface area contributed by atoms with Gasteiger partial charge >= 0.3 is 0 Å². The minimum absolute atomic E-state index is 0.0258. The first kappa shape index (κ1) is 12.5. The highest BCUT2D eigenvalue weighted by Crippen LogP contribution is 2.22. The lowest BCUT2D eigenvalue weighted by atomic mass is 10.2. The maximum atomic E-state index is 12.4. The van der Waals surface area contributed by atoms with Crippen molar-refractivity contribution in [3.05, 3.63) is 36.7 Å². The number of fused-ring (bicyclic) bond motifs is 1. The molecule has 0 saturated carbocycles. The quantitative estimate of drug-likeness (QED) is 0.873. The van der Waals surface area contributed by atoms with Crippen molar-refractivity contribution < 1.29 is 8.42 Å². The zero-order chi connectivity index (χ0) is 13.3. The molecular weight excluding hydrogens is 262 g/mol. The maximum Gasteiger partial charge on any atom is 0.241 e. The summed E-state index contributed by atoms with van der Waals surface area (Å²) in [5.74, 6) is 0. The second-order valence-electron chi connectivity index (χ2n) is 4.66. The second-order valence-corrected chi connectivity index (χ2v) is 6.35. The fourth-order valence-corrected chi connectivity index (χ4v) is 3.87. The van der Waals surface area contributed by atoms with Gasteiger partial charge in [-0.3, -0.25) is 4.98 Å². The molecule has 1 aromatic heterocycles. The van der Waals surface area contributed by atoms with Crippen LogP contribution in [0.1, 0.15) is 6.42 Å². The molecule has 2 heterocycles. The van der Waals surface area contributed by atoms with Crippen LogP contribution >= 0.6 is 0 Å². The van der Waals surface area contributed by atoms with Gasteiger partial charge in [-0.2, -0.15) is 0 Å². The lowest BCUT2D eigenvalue weighted by Gasteiger charge is -2.13. The minimum Gasteiger partial charge on any atom is -0.315 e. The smallest absolute Gasteiger partial charge is 0.241 e. The highest BCUT2D eigenvalue weighted by Gasteiger charge is 2.23. The predicted octanol–water partition coefficient (Wildman–Crippen LogP) is 0.875. The fourth-order valence-electron chi connectivity index (χ4n) is 2.37. The van der Waals surface area contributed by atoms with Gasteiger partial charge < -0.3 is 5.32 Å². The Morgan fingerprint density at radius 2 is 2.21 bits per heavy atom. The molecule has 19 heavy (non-hydrogen) atoms. The van der Waals surface area contributed by atoms with Gasteiger partial charge in [0.1, 0.15) is 0 Å². The molecule has 2 aromatic rings. The van der Waals surface area contributed by atoms with E-state index in [1.807, 2.05) is 6.07 Å². The molecule has 1 atom stereocenters. The number of pyridine rings is 1. The highest BCUT2D eigenvalue weighted by atomic mass is 32.2. The normalized spacial score (nSPS) is 19.9. The van der Waals surface area contributed by atoms with Crippen LogP contribution < -0.4 is 10.0 Å². The summed E-state index contributed by atoms with van der Waals surface area (Å²) in [6.07, 6.45) is 4.11. The van der Waals surface area contributed by atoms with E-state index in [4.69, 9.17) is 0 Å². The summed E-state index contributed by atoms with van der Waals surface area (Å²) in [4.78, 5) is 4.33. The number of nitrogens with zero attached hydrogens (tertiary/aromatic N) is 1. The van der Waals surface area contributed by atoms with Crippen LogP contribution in [-0.4, -0.2) is 32.5 Å². The van der Waals surface area contributed by atoms with Crippen molar-refractivity contribution in [3.63, 3.8) is 0 Å². The zero-order valence-corrected chi connectivity index (χ0v) is 11.2. The largest absolute Gasteiger partial charge is 0.315 e. The lowest BCUT2D eigenvalue weighted by Crippen LogP contribution is -2.36. The van der Waals surface area contributed by atoms with Crippen LogP contribution in [0.4, 0.5) is 0 Å². The molecule has 0 amide bonds. The Morgan fingerprint density at radius 3 is 3.00 bits per heavy atom. The zero-order valence-electron chi connectivity index (χ0n) is 10.3. The van der Waals surface area contributed by atoms with Crippen LogP contribution in [0.15, 0.2) is 41.6 Å². The van der Waals surface area contributed by atoms with E-state index >= 15 is 0 Å². The molecule has 3 rings (SSSR count). The van der Waals surface area contributed by atoms with Gasteiger partial charge in [0.15, 0.2) is 0 Å². The molecule has 0 spiro atoms. The van der Waals surface area contributed by atoms with Crippen molar-refractivity contribution >= 4 is 20.8 Å². The summed E-state index contributed by atoms with van der Waals surface area (Å²) in [7, 11) is -3.49. The van der Waals surface area contributed by atoms with Gasteiger partial charge in [-0.15, -0.1) is 0 Å². The first-order valence-electron chi connectivity index (χ1n) is 6.22. The molecule has 2 N–H and O–H groups in total. The SMILES string of the molecule is O=S(=O)(N[C@@H]1CCNC1)c1cccc2cnccc12. The third-order valence-electron chi connectivity index (χ3n) is 3.31. The molecule has 0 unspecified atom stereocenters. The van der Waals surface area contributed by atoms with Crippen LogP contribution in [0.2, 0.25) is 0 Å². The van der Waals surface area contributed by atoms with Gasteiger partial charge in [0.25, 0.3) is 0 Å². The molecule has 6 heteroatoms. The lowest BCUT2D eigenvalue weighted by molar-refractivity contribution is 0.561. The number of rotatable bonds is 3. The first-order valence-corrected chi connectivity index (χ1v) is 7.71. The molecular formula is C13H15N3O2S. The van der Waals surface area contributed by atoms with E-state index in [1.165, 1.54) is 0 Å². The molecule has 1 aliphatic heterocycles. The summed E-state index contributed by atoms with van der Waals surface area (Å²) in [6, 6.07) is 6.94. The van der Waals surface area contributed by atoms with Gasteiger partial charge in [0.2, 0.25) is 10.0 Å². The molecule has 0 aliphatic carbocycles. The average Bonchev–Trinajstić information content (AvgIpc) is 2.90. The summed E-state index contributed by atoms with van der Waals surface area (Å²) in [5, 5.41) is 4.68. The van der Waals surface area contributed by atoms with Crippen molar-refractivity contribution in [2.24, 2.45) is 0 Å². The van der Waals surface area contributed by atoms with Gasteiger partial charge in [-0.1, -0.05) is 12.1 Å². The predicted molar refractivity (Wildman–Crippen MR) is 73.3 cm³/mol. The Morgan fingerprint density at radius 1 is 1.32 bits per heavy atom. The summed E-state index contributed by atoms with van der Waals surface area (Å²) < 4.78 is 27.6. The van der Waals surface area contributed by atoms with Crippen molar-refractivity contribution in [2.75, 3.05) is 13.1 Å². The van der Waals surface area contributed by atoms with Gasteiger partial charge in [0.05, 0.1) is 4.90 Å². The number of aromatic nitrogens is 1. The fraction of sp³-hybridized carbons (Fsp3) is 0.308. The van der Waals surface area contributed by atoms with Crippen LogP contribution in [-0.2, 0) is 10.0 Å². The van der Waals surface area contributed by atoms with E-state index in [0.29, 0.717) is 16.8 Å². The van der Waals surface area contributed by atoms with E-state index in [-0.39, 0.29) is 6.04 Å². The van der Waals surface area contributed by atoms with Crippen LogP contribution in [0, 0.1) is 0 Å². The van der Waals surface area contributed by atoms with E-state index in [1.54, 1.807) is 30.6 Å². The first-order chi connectivity index (χ1) is 9.17. The third-order valence-corrected chi connectivity index (χ3v) is 4.89. The van der Waals surface area contributed by atoms with Crippen molar-refractivity contribution in [3.8, 4) is 0 Å². The third kappa shape index (κ3) is 2.47. The Balaban J connectivity index is 2.02. The molecule has 0 radical (unpaired) electrons. The van der Waals surface area contributed by atoms with Crippen molar-refractivity contribution in [1.82, 2.24) is 15.0 Å². The number of hydrogen-bond donors (Lipinski definition) is 2. The molecule has 1 fully saturated rings. The van der Waals surface area contributed by atoms with Gasteiger partial charge in [-0.25, -0.2) is 13.1 Å². The standard InChI is InChI=1S/C13H15N3O2S/c17-19(18,16-11-4-6-15-9-11)13-3-1-2-10-8-14-7-5-12(10)13/h1-3,5,7-8,11,15-16H,4,6,9H2/t11-/m1/s1. The summed E-state index contributed by atoms with van der Waals surface area (Å²) in [5.41, 5.74) is 0. The Kier molecular flexibility index (Phi) is 3.22. The maximum absolute atomic E-state index is 12.4. The second kappa shape index (κ2) is 4.88. The Hall–Kier alpha value is -1.50. The van der Waals surface area contributed by atoms with E-state index in [2.05, 4.69) is 15.0 Å². The number of sulfonamides is 1. The van der Waals surface area contributed by atoms with Crippen LogP contribution in [0.25, 0.3) is 10.8 Å². The van der Waals surface area contributed by atoms with Crippen LogP contribution in [0.3, 0.4) is 0 Å². The number of hydrogen-bond acceptors (Lipinski definition) is 4. The molecule has 1 aromatic carbocycles. The number of benzene rings is 1. The van der Waals surface area contributed by atoms with Crippen molar-refractivity contribution in [2.45, 2.75) is 17.4 Å². The van der Waals surface area contributed by atoms with E-state index in [0.717, 1.165) is 18.4 Å². The van der Waals surface area contributed by atoms with E-state index < -0.39 is 10.0 Å². The summed E-state index contributed by atoms with van der Waals surface area (Å²) in [6.45, 7) is 1.54.